The maximum atomic E-state index is 12.4. The van der Waals surface area contributed by atoms with E-state index in [-0.39, 0.29) is 5.63 Å². The molecule has 156 valence electrons. The summed E-state index contributed by atoms with van der Waals surface area (Å²) in [5.74, 6) is 1.32. The van der Waals surface area contributed by atoms with Crippen molar-refractivity contribution >= 4 is 16.7 Å². The Kier molecular flexibility index (Phi) is 4.99. The van der Waals surface area contributed by atoms with Gasteiger partial charge in [-0.1, -0.05) is 56.3 Å². The Balaban J connectivity index is 1.56. The Hall–Kier alpha value is -3.53. The molecule has 1 unspecified atom stereocenters. The maximum absolute atomic E-state index is 12.4. The Morgan fingerprint density at radius 1 is 1.00 bits per heavy atom. The predicted octanol–water partition coefficient (Wildman–Crippen LogP) is 6.33. The highest BCUT2D eigenvalue weighted by molar-refractivity contribution is 5.96. The van der Waals surface area contributed by atoms with E-state index in [1.807, 2.05) is 42.5 Å². The highest BCUT2D eigenvalue weighted by Crippen LogP contribution is 2.37. The first-order valence-electron chi connectivity index (χ1n) is 10.8. The predicted molar refractivity (Wildman–Crippen MR) is 125 cm³/mol. The van der Waals surface area contributed by atoms with Gasteiger partial charge in [0.15, 0.2) is 6.73 Å². The molecule has 1 atom stereocenters. The molecular weight excluding hydrogens is 386 g/mol. The molecule has 5 rings (SSSR count). The largest absolute Gasteiger partial charge is 0.473 e. The molecule has 0 amide bonds. The van der Waals surface area contributed by atoms with E-state index in [2.05, 4.69) is 43.0 Å². The Labute approximate surface area is 181 Å². The molecule has 0 saturated carbocycles. The van der Waals surface area contributed by atoms with Crippen LogP contribution in [0.3, 0.4) is 0 Å². The number of rotatable bonds is 4. The van der Waals surface area contributed by atoms with Gasteiger partial charge in [0.05, 0.1) is 12.1 Å². The molecule has 0 bridgehead atoms. The van der Waals surface area contributed by atoms with Crippen LogP contribution in [0.25, 0.3) is 22.1 Å². The summed E-state index contributed by atoms with van der Waals surface area (Å²) in [7, 11) is 0. The number of hydrogen-bond acceptors (Lipinski definition) is 4. The lowest BCUT2D eigenvalue weighted by Crippen LogP contribution is -2.32. The van der Waals surface area contributed by atoms with Crippen molar-refractivity contribution in [3.8, 4) is 16.9 Å². The molecule has 0 saturated heterocycles. The number of fused-ring (bicyclic) bond motifs is 3. The Morgan fingerprint density at radius 3 is 2.52 bits per heavy atom. The zero-order valence-corrected chi connectivity index (χ0v) is 17.8. The van der Waals surface area contributed by atoms with Crippen molar-refractivity contribution in [3.63, 3.8) is 0 Å². The molecule has 4 nitrogen and oxygen atoms in total. The van der Waals surface area contributed by atoms with Crippen molar-refractivity contribution < 1.29 is 9.15 Å². The Bertz CT molecular complexity index is 1280. The van der Waals surface area contributed by atoms with Gasteiger partial charge in [-0.25, -0.2) is 4.79 Å². The first-order chi connectivity index (χ1) is 15.1. The highest BCUT2D eigenvalue weighted by Gasteiger charge is 2.23. The van der Waals surface area contributed by atoms with Crippen LogP contribution < -0.4 is 15.3 Å². The summed E-state index contributed by atoms with van der Waals surface area (Å²) >= 11 is 0. The second-order valence-electron chi connectivity index (χ2n) is 8.14. The average Bonchev–Trinajstić information content (AvgIpc) is 2.83. The van der Waals surface area contributed by atoms with Crippen LogP contribution in [0.4, 0.5) is 5.69 Å². The molecule has 0 spiro atoms. The molecule has 4 heteroatoms. The van der Waals surface area contributed by atoms with Gasteiger partial charge in [0.25, 0.3) is 0 Å². The van der Waals surface area contributed by atoms with Crippen molar-refractivity contribution in [1.29, 1.82) is 0 Å². The average molecular weight is 412 g/mol. The monoisotopic (exact) mass is 411 g/mol. The number of ether oxygens (including phenoxy) is 1. The van der Waals surface area contributed by atoms with Gasteiger partial charge in [-0.2, -0.15) is 0 Å². The van der Waals surface area contributed by atoms with E-state index in [1.165, 1.54) is 5.56 Å². The number of anilines is 1. The molecule has 0 fully saturated rings. The van der Waals surface area contributed by atoms with Crippen LogP contribution in [0.15, 0.2) is 82.0 Å². The fourth-order valence-corrected chi connectivity index (χ4v) is 4.20. The van der Waals surface area contributed by atoms with Crippen molar-refractivity contribution in [1.82, 2.24) is 0 Å². The van der Waals surface area contributed by atoms with E-state index in [0.717, 1.165) is 39.9 Å². The molecule has 3 aromatic carbocycles. The van der Waals surface area contributed by atoms with E-state index >= 15 is 0 Å². The van der Waals surface area contributed by atoms with Gasteiger partial charge in [0.1, 0.15) is 11.3 Å². The lowest BCUT2D eigenvalue weighted by Gasteiger charge is -2.31. The van der Waals surface area contributed by atoms with E-state index in [4.69, 9.17) is 9.15 Å². The number of hydrogen-bond donors (Lipinski definition) is 0. The minimum Gasteiger partial charge on any atom is -0.473 e. The third-order valence-electron chi connectivity index (χ3n) is 6.22. The van der Waals surface area contributed by atoms with Gasteiger partial charge in [0.2, 0.25) is 0 Å². The smallest absolute Gasteiger partial charge is 0.336 e. The first kappa shape index (κ1) is 19.4. The Morgan fingerprint density at radius 2 is 1.77 bits per heavy atom. The topological polar surface area (TPSA) is 42.7 Å². The van der Waals surface area contributed by atoms with Gasteiger partial charge < -0.3 is 14.1 Å². The van der Waals surface area contributed by atoms with E-state index in [9.17, 15) is 4.79 Å². The highest BCUT2D eigenvalue weighted by atomic mass is 16.5. The number of benzene rings is 3. The zero-order valence-electron chi connectivity index (χ0n) is 17.8. The fourth-order valence-electron chi connectivity index (χ4n) is 4.20. The molecule has 31 heavy (non-hydrogen) atoms. The summed E-state index contributed by atoms with van der Waals surface area (Å²) in [6.07, 6.45) is 1.12. The SMILES string of the molecule is CCC(C)c1ccc(N2COc3ccc4c(-c5ccccc5)cc(=O)oc4c3C2)cc1. The van der Waals surface area contributed by atoms with Crippen molar-refractivity contribution in [2.45, 2.75) is 32.7 Å². The minimum absolute atomic E-state index is 0.352. The summed E-state index contributed by atoms with van der Waals surface area (Å²) in [5.41, 5.74) is 5.47. The summed E-state index contributed by atoms with van der Waals surface area (Å²) in [6.45, 7) is 5.53. The van der Waals surface area contributed by atoms with Gasteiger partial charge in [-0.3, -0.25) is 0 Å². The fraction of sp³-hybridized carbons (Fsp3) is 0.222. The summed E-state index contributed by atoms with van der Waals surface area (Å²) in [6, 6.07) is 24.1. The molecule has 2 heterocycles. The van der Waals surface area contributed by atoms with Crippen LogP contribution in [0.1, 0.15) is 37.3 Å². The molecule has 0 radical (unpaired) electrons. The van der Waals surface area contributed by atoms with Crippen LogP contribution in [0.5, 0.6) is 5.75 Å². The minimum atomic E-state index is -0.352. The summed E-state index contributed by atoms with van der Waals surface area (Å²) < 4.78 is 11.8. The third-order valence-corrected chi connectivity index (χ3v) is 6.22. The normalized spacial score (nSPS) is 14.2. The zero-order chi connectivity index (χ0) is 21.4. The molecule has 1 aliphatic heterocycles. The van der Waals surface area contributed by atoms with Crippen LogP contribution in [0, 0.1) is 0 Å². The molecule has 4 aromatic rings. The molecular formula is C27H25NO3. The van der Waals surface area contributed by atoms with Gasteiger partial charge in [-0.15, -0.1) is 0 Å². The van der Waals surface area contributed by atoms with Crippen LogP contribution in [-0.4, -0.2) is 6.73 Å². The quantitative estimate of drug-likeness (QED) is 0.368. The molecule has 1 aliphatic rings. The second-order valence-corrected chi connectivity index (χ2v) is 8.14. The lowest BCUT2D eigenvalue weighted by atomic mass is 9.98. The first-order valence-corrected chi connectivity index (χ1v) is 10.8. The van der Waals surface area contributed by atoms with Crippen molar-refractivity contribution in [2.24, 2.45) is 0 Å². The molecule has 1 aromatic heterocycles. The van der Waals surface area contributed by atoms with E-state index in [0.29, 0.717) is 24.8 Å². The summed E-state index contributed by atoms with van der Waals surface area (Å²) in [5, 5.41) is 0.919. The lowest BCUT2D eigenvalue weighted by molar-refractivity contribution is 0.289. The van der Waals surface area contributed by atoms with Gasteiger partial charge >= 0.3 is 5.63 Å². The van der Waals surface area contributed by atoms with Crippen molar-refractivity contribution in [3.05, 3.63) is 94.3 Å². The van der Waals surface area contributed by atoms with Crippen LogP contribution >= 0.6 is 0 Å². The second kappa shape index (κ2) is 7.95. The van der Waals surface area contributed by atoms with Crippen molar-refractivity contribution in [2.75, 3.05) is 11.6 Å². The van der Waals surface area contributed by atoms with Crippen LogP contribution in [-0.2, 0) is 6.54 Å². The molecule has 0 N–H and O–H groups in total. The summed E-state index contributed by atoms with van der Waals surface area (Å²) in [4.78, 5) is 14.6. The maximum Gasteiger partial charge on any atom is 0.336 e. The third kappa shape index (κ3) is 3.59. The van der Waals surface area contributed by atoms with Gasteiger partial charge in [0, 0.05) is 17.1 Å². The van der Waals surface area contributed by atoms with E-state index < -0.39 is 0 Å². The molecule has 0 aliphatic carbocycles. The standard InChI is InChI=1S/C27H25NO3/c1-3-18(2)19-9-11-21(12-10-19)28-16-24-25(30-17-28)14-13-22-23(15-26(29)31-27(22)24)20-7-5-4-6-8-20/h4-15,18H,3,16-17H2,1-2H3. The number of nitrogens with zero attached hydrogens (tertiary/aromatic N) is 1. The van der Waals surface area contributed by atoms with Crippen LogP contribution in [0.2, 0.25) is 0 Å². The van der Waals surface area contributed by atoms with E-state index in [1.54, 1.807) is 6.07 Å². The van der Waals surface area contributed by atoms with Gasteiger partial charge in [-0.05, 0) is 53.3 Å².